The Balaban J connectivity index is 3.31. The highest BCUT2D eigenvalue weighted by Crippen LogP contribution is 2.19. The number of benzene rings is 1. The molecular weight excluding hydrogens is 308 g/mol. The number of hydrogen-bond acceptors (Lipinski definition) is 6. The Kier molecular flexibility index (Phi) is 4.43. The molecule has 1 aromatic rings. The van der Waals surface area contributed by atoms with Gasteiger partial charge in [0.05, 0.1) is 11.2 Å². The molecule has 0 bridgehead atoms. The molecule has 0 aliphatic heterocycles. The standard InChI is InChI=1S/C10H10N2O6S2/c1-7(13)18-8-3-5-9(6-4-8)20(16,17)10(12-11)19(2,14)15/h3-6H,1-2H3. The zero-order chi connectivity index (χ0) is 15.6. The molecule has 0 unspecified atom stereocenters. The molecule has 0 spiro atoms. The van der Waals surface area contributed by atoms with Gasteiger partial charge in [0.2, 0.25) is 0 Å². The number of rotatable bonds is 2. The number of esters is 1. The number of nitrogens with zero attached hydrogens (tertiary/aromatic N) is 2. The van der Waals surface area contributed by atoms with Gasteiger partial charge < -0.3 is 10.3 Å². The quantitative estimate of drug-likeness (QED) is 0.188. The molecule has 0 aliphatic carbocycles. The lowest BCUT2D eigenvalue weighted by atomic mass is 10.3. The predicted molar refractivity (Wildman–Crippen MR) is 68.4 cm³/mol. The van der Waals surface area contributed by atoms with Crippen molar-refractivity contribution < 1.29 is 31.2 Å². The van der Waals surface area contributed by atoms with E-state index in [-0.39, 0.29) is 5.75 Å². The first kappa shape index (κ1) is 16.0. The predicted octanol–water partition coefficient (Wildman–Crippen LogP) is 0.0160. The van der Waals surface area contributed by atoms with Gasteiger partial charge in [0.25, 0.3) is 19.7 Å². The van der Waals surface area contributed by atoms with Crippen LogP contribution in [0.5, 0.6) is 5.75 Å². The molecule has 1 aromatic carbocycles. The van der Waals surface area contributed by atoms with Crippen LogP contribution in [0.2, 0.25) is 0 Å². The highest BCUT2D eigenvalue weighted by molar-refractivity contribution is 8.30. The monoisotopic (exact) mass is 318 g/mol. The van der Waals surface area contributed by atoms with Crippen LogP contribution in [-0.4, -0.2) is 38.2 Å². The summed E-state index contributed by atoms with van der Waals surface area (Å²) in [6, 6.07) is 4.41. The molecule has 8 nitrogen and oxygen atoms in total. The van der Waals surface area contributed by atoms with Gasteiger partial charge in [0, 0.05) is 6.92 Å². The Morgan fingerprint density at radius 1 is 1.15 bits per heavy atom. The van der Waals surface area contributed by atoms with Gasteiger partial charge >= 0.3 is 10.3 Å². The van der Waals surface area contributed by atoms with Crippen LogP contribution < -0.4 is 4.74 Å². The van der Waals surface area contributed by atoms with E-state index in [4.69, 9.17) is 10.3 Å². The van der Waals surface area contributed by atoms with E-state index in [1.165, 1.54) is 19.1 Å². The molecule has 0 radical (unpaired) electrons. The summed E-state index contributed by atoms with van der Waals surface area (Å²) in [5, 5.41) is 0. The zero-order valence-corrected chi connectivity index (χ0v) is 12.1. The molecule has 0 aromatic heterocycles. The Labute approximate surface area is 115 Å². The summed E-state index contributed by atoms with van der Waals surface area (Å²) >= 11 is 0. The van der Waals surface area contributed by atoms with Gasteiger partial charge in [-0.1, -0.05) is 0 Å². The highest BCUT2D eigenvalue weighted by atomic mass is 32.3. The first-order valence-corrected chi connectivity index (χ1v) is 8.42. The molecule has 1 rings (SSSR count). The average molecular weight is 318 g/mol. The Morgan fingerprint density at radius 2 is 1.65 bits per heavy atom. The molecule has 0 atom stereocenters. The van der Waals surface area contributed by atoms with Crippen molar-refractivity contribution >= 4 is 30.0 Å². The van der Waals surface area contributed by atoms with Gasteiger partial charge in [-0.25, -0.2) is 16.8 Å². The minimum absolute atomic E-state index is 0.0956. The number of hydrogen-bond donors (Lipinski definition) is 0. The second-order valence-electron chi connectivity index (χ2n) is 3.71. The molecule has 10 heteroatoms. The largest absolute Gasteiger partial charge is 0.499 e. The third-order valence-corrected chi connectivity index (χ3v) is 5.74. The van der Waals surface area contributed by atoms with Gasteiger partial charge in [-0.05, 0) is 24.3 Å². The first-order valence-electron chi connectivity index (χ1n) is 5.04. The maximum Gasteiger partial charge on any atom is 0.499 e. The lowest BCUT2D eigenvalue weighted by Gasteiger charge is -2.02. The van der Waals surface area contributed by atoms with Crippen LogP contribution in [0.25, 0.3) is 5.53 Å². The van der Waals surface area contributed by atoms with Crippen LogP contribution in [0.3, 0.4) is 0 Å². The normalized spacial score (nSPS) is 11.5. The van der Waals surface area contributed by atoms with Crippen molar-refractivity contribution in [1.82, 2.24) is 0 Å². The van der Waals surface area contributed by atoms with Gasteiger partial charge in [0.1, 0.15) is 5.75 Å². The van der Waals surface area contributed by atoms with Crippen molar-refractivity contribution in [2.24, 2.45) is 0 Å². The Bertz CT molecular complexity index is 787. The third kappa shape index (κ3) is 3.50. The number of ether oxygens (including phenoxy) is 1. The molecule has 108 valence electrons. The van der Waals surface area contributed by atoms with Gasteiger partial charge in [0.15, 0.2) is 0 Å². The summed E-state index contributed by atoms with van der Waals surface area (Å²) in [5.41, 5.74) is 8.59. The van der Waals surface area contributed by atoms with Crippen LogP contribution in [0.4, 0.5) is 0 Å². The molecule has 0 amide bonds. The van der Waals surface area contributed by atoms with Crippen molar-refractivity contribution in [1.29, 1.82) is 0 Å². The van der Waals surface area contributed by atoms with Crippen molar-refractivity contribution in [2.45, 2.75) is 11.8 Å². The molecule has 0 heterocycles. The van der Waals surface area contributed by atoms with Crippen LogP contribution in [0, 0.1) is 0 Å². The van der Waals surface area contributed by atoms with E-state index in [1.807, 2.05) is 0 Å². The van der Waals surface area contributed by atoms with Crippen LogP contribution in [0.1, 0.15) is 6.92 Å². The maximum atomic E-state index is 12.0. The van der Waals surface area contributed by atoms with Crippen molar-refractivity contribution in [3.8, 4) is 5.75 Å². The second kappa shape index (κ2) is 5.53. The Hall–Kier alpha value is -2.03. The van der Waals surface area contributed by atoms with Gasteiger partial charge in [-0.2, -0.15) is 0 Å². The topological polar surface area (TPSA) is 131 Å². The van der Waals surface area contributed by atoms with Crippen LogP contribution in [0.15, 0.2) is 29.2 Å². The summed E-state index contributed by atoms with van der Waals surface area (Å²) in [7, 11) is -8.71. The van der Waals surface area contributed by atoms with E-state index in [1.54, 1.807) is 0 Å². The smallest absolute Gasteiger partial charge is 0.427 e. The highest BCUT2D eigenvalue weighted by Gasteiger charge is 2.39. The fourth-order valence-electron chi connectivity index (χ4n) is 1.28. The molecule has 0 aliphatic rings. The zero-order valence-electron chi connectivity index (χ0n) is 10.5. The molecule has 0 N–H and O–H groups in total. The number of carbonyl (C=O) groups is 1. The Morgan fingerprint density at radius 3 is 2.00 bits per heavy atom. The fourth-order valence-corrected chi connectivity index (χ4v) is 4.12. The van der Waals surface area contributed by atoms with E-state index in [9.17, 15) is 21.6 Å². The van der Waals surface area contributed by atoms with E-state index < -0.39 is 34.9 Å². The molecule has 20 heavy (non-hydrogen) atoms. The molecule has 0 saturated carbocycles. The average Bonchev–Trinajstić information content (AvgIpc) is 2.27. The van der Waals surface area contributed by atoms with E-state index in [2.05, 4.69) is 4.79 Å². The van der Waals surface area contributed by atoms with Crippen LogP contribution in [-0.2, 0) is 24.5 Å². The summed E-state index contributed by atoms with van der Waals surface area (Å²) in [5.74, 6) is -0.493. The minimum Gasteiger partial charge on any atom is -0.427 e. The lowest BCUT2D eigenvalue weighted by Crippen LogP contribution is -2.24. The minimum atomic E-state index is -4.48. The molecule has 0 fully saturated rings. The van der Waals surface area contributed by atoms with Gasteiger partial charge in [-0.3, -0.25) is 4.79 Å². The summed E-state index contributed by atoms with van der Waals surface area (Å²) in [6.45, 7) is 1.17. The first-order chi connectivity index (χ1) is 9.09. The summed E-state index contributed by atoms with van der Waals surface area (Å²) in [4.78, 5) is 12.6. The van der Waals surface area contributed by atoms with E-state index >= 15 is 0 Å². The summed E-state index contributed by atoms with van der Waals surface area (Å²) in [6.07, 6.45) is 0.604. The van der Waals surface area contributed by atoms with Crippen molar-refractivity contribution in [2.75, 3.05) is 6.26 Å². The molecular formula is C10H10N2O6S2. The third-order valence-electron chi connectivity index (χ3n) is 2.02. The molecule has 0 saturated heterocycles. The SMILES string of the molecule is CC(=O)Oc1ccc(S(=O)(=O)C(=[N+]=[N-])S(C)(=O)=O)cc1. The lowest BCUT2D eigenvalue weighted by molar-refractivity contribution is -0.131. The number of carbonyl (C=O) groups excluding carboxylic acids is 1. The van der Waals surface area contributed by atoms with E-state index in [0.29, 0.717) is 6.26 Å². The summed E-state index contributed by atoms with van der Waals surface area (Å²) < 4.78 is 49.8. The van der Waals surface area contributed by atoms with E-state index in [0.717, 1.165) is 12.1 Å². The van der Waals surface area contributed by atoms with Crippen LogP contribution >= 0.6 is 0 Å². The van der Waals surface area contributed by atoms with Crippen molar-refractivity contribution in [3.05, 3.63) is 29.8 Å². The van der Waals surface area contributed by atoms with Crippen molar-refractivity contribution in [3.63, 3.8) is 0 Å². The van der Waals surface area contributed by atoms with Gasteiger partial charge in [-0.15, -0.1) is 4.79 Å². The number of sulfone groups is 2. The fraction of sp³-hybridized carbons (Fsp3) is 0.200. The maximum absolute atomic E-state index is 12.0. The second-order valence-corrected chi connectivity index (χ2v) is 7.76.